The molecule has 0 spiro atoms. The fourth-order valence-corrected chi connectivity index (χ4v) is 2.21. The number of fused-ring (bicyclic) bond motifs is 1. The molecule has 16 heavy (non-hydrogen) atoms. The van der Waals surface area contributed by atoms with Crippen LogP contribution < -0.4 is 10.7 Å². The van der Waals surface area contributed by atoms with Crippen LogP contribution in [-0.2, 0) is 0 Å². The maximum Gasteiger partial charge on any atom is 0.396 e. The Bertz CT molecular complexity index is 710. The van der Waals surface area contributed by atoms with E-state index in [1.165, 1.54) is 0 Å². The molecule has 1 aromatic carbocycles. The largest absolute Gasteiger partial charge is 0.414 e. The van der Waals surface area contributed by atoms with Gasteiger partial charge in [-0.2, -0.15) is 5.10 Å². The van der Waals surface area contributed by atoms with E-state index in [2.05, 4.69) is 10.2 Å². The zero-order chi connectivity index (χ0) is 11.1. The van der Waals surface area contributed by atoms with Gasteiger partial charge in [0.1, 0.15) is 11.4 Å². The minimum Gasteiger partial charge on any atom is -0.414 e. The summed E-state index contributed by atoms with van der Waals surface area (Å²) < 4.78 is 5.87. The number of aromatic nitrogens is 2. The molecule has 2 heterocycles. The van der Waals surface area contributed by atoms with Crippen LogP contribution in [0.2, 0.25) is 0 Å². The Morgan fingerprint density at radius 1 is 1.44 bits per heavy atom. The summed E-state index contributed by atoms with van der Waals surface area (Å²) in [6, 6.07) is 5.51. The molecular weight excluding hydrogens is 226 g/mol. The lowest BCUT2D eigenvalue weighted by atomic mass is 10.1. The molecule has 0 atom stereocenters. The first kappa shape index (κ1) is 9.17. The fraction of sp³-hybridized carbons (Fsp3) is 0. The molecule has 0 bridgehead atoms. The van der Waals surface area contributed by atoms with E-state index in [0.29, 0.717) is 11.4 Å². The van der Waals surface area contributed by atoms with Crippen molar-refractivity contribution in [3.8, 4) is 11.1 Å². The van der Waals surface area contributed by atoms with Crippen LogP contribution >= 0.6 is 11.3 Å². The van der Waals surface area contributed by atoms with E-state index in [4.69, 9.17) is 10.2 Å². The number of nitrogen functional groups attached to an aromatic ring is 1. The van der Waals surface area contributed by atoms with Crippen LogP contribution in [0.4, 0.5) is 5.82 Å². The lowest BCUT2D eigenvalue weighted by molar-refractivity contribution is 0.585. The Kier molecular flexibility index (Phi) is 1.84. The maximum atomic E-state index is 11.1. The Morgan fingerprint density at radius 3 is 3.06 bits per heavy atom. The van der Waals surface area contributed by atoms with Crippen LogP contribution in [-0.4, -0.2) is 10.2 Å². The second-order valence-corrected chi connectivity index (χ2v) is 4.29. The highest BCUT2D eigenvalue weighted by atomic mass is 32.1. The first-order valence-corrected chi connectivity index (χ1v) is 5.38. The van der Waals surface area contributed by atoms with Gasteiger partial charge in [0.2, 0.25) is 0 Å². The van der Waals surface area contributed by atoms with E-state index in [-0.39, 0.29) is 4.94 Å². The van der Waals surface area contributed by atoms with E-state index in [0.717, 1.165) is 27.2 Å². The molecule has 0 radical (unpaired) electrons. The number of hydrogen-bond acceptors (Lipinski definition) is 5. The topological polar surface area (TPSA) is 84.9 Å². The quantitative estimate of drug-likeness (QED) is 0.671. The van der Waals surface area contributed by atoms with Crippen LogP contribution in [0.1, 0.15) is 0 Å². The van der Waals surface area contributed by atoms with Gasteiger partial charge in [-0.15, -0.1) is 0 Å². The smallest absolute Gasteiger partial charge is 0.396 e. The number of H-pyrrole nitrogens is 1. The minimum atomic E-state index is -0.299. The normalized spacial score (nSPS) is 11.0. The first-order chi connectivity index (χ1) is 7.74. The number of nitrogens with zero attached hydrogens (tertiary/aromatic N) is 1. The lowest BCUT2D eigenvalue weighted by Crippen LogP contribution is -1.87. The second-order valence-electron chi connectivity index (χ2n) is 3.31. The summed E-state index contributed by atoms with van der Waals surface area (Å²) in [6.07, 6.45) is 1.64. The van der Waals surface area contributed by atoms with Crippen molar-refractivity contribution in [2.75, 3.05) is 5.73 Å². The highest BCUT2D eigenvalue weighted by Crippen LogP contribution is 2.27. The molecule has 0 fully saturated rings. The molecule has 3 rings (SSSR count). The molecule has 3 aromatic rings. The van der Waals surface area contributed by atoms with Gasteiger partial charge in [0, 0.05) is 5.56 Å². The van der Waals surface area contributed by atoms with Crippen molar-refractivity contribution in [3.63, 3.8) is 0 Å². The number of nitrogens with one attached hydrogen (secondary N) is 1. The summed E-state index contributed by atoms with van der Waals surface area (Å²) >= 11 is 1.09. The number of anilines is 1. The standard InChI is InChI=1S/C10H7N3O2S/c11-9-6(4-12-13-9)5-1-2-8-7(3-5)15-10(14)16-8/h1-4H,(H3,11,12,13). The summed E-state index contributed by atoms with van der Waals surface area (Å²) in [5.41, 5.74) is 7.97. The SMILES string of the molecule is Nc1[nH]ncc1-c1ccc2sc(=O)oc2c1. The van der Waals surface area contributed by atoms with Crippen LogP contribution in [0, 0.1) is 0 Å². The number of rotatable bonds is 1. The monoisotopic (exact) mass is 233 g/mol. The van der Waals surface area contributed by atoms with E-state index in [1.807, 2.05) is 12.1 Å². The van der Waals surface area contributed by atoms with Crippen molar-refractivity contribution in [1.82, 2.24) is 10.2 Å². The van der Waals surface area contributed by atoms with Crippen LogP contribution in [0.15, 0.2) is 33.6 Å². The Hall–Kier alpha value is -2.08. The Balaban J connectivity index is 2.26. The summed E-state index contributed by atoms with van der Waals surface area (Å²) in [5.74, 6) is 0.497. The Morgan fingerprint density at radius 2 is 2.31 bits per heavy atom. The van der Waals surface area contributed by atoms with Crippen LogP contribution in [0.5, 0.6) is 0 Å². The van der Waals surface area contributed by atoms with Crippen molar-refractivity contribution in [1.29, 1.82) is 0 Å². The van der Waals surface area contributed by atoms with Crippen molar-refractivity contribution < 1.29 is 4.42 Å². The molecule has 0 saturated heterocycles. The van der Waals surface area contributed by atoms with Gasteiger partial charge in [-0.05, 0) is 17.7 Å². The average Bonchev–Trinajstić information content (AvgIpc) is 2.81. The molecule has 0 aliphatic heterocycles. The molecule has 0 aliphatic carbocycles. The maximum absolute atomic E-state index is 11.1. The predicted octanol–water partition coefficient (Wildman–Crippen LogP) is 1.83. The lowest BCUT2D eigenvalue weighted by Gasteiger charge is -1.97. The van der Waals surface area contributed by atoms with Crippen molar-refractivity contribution in [2.24, 2.45) is 0 Å². The van der Waals surface area contributed by atoms with Crippen molar-refractivity contribution >= 4 is 27.4 Å². The van der Waals surface area contributed by atoms with Gasteiger partial charge in [-0.3, -0.25) is 5.10 Å². The molecule has 0 saturated carbocycles. The van der Waals surface area contributed by atoms with Crippen LogP contribution in [0.25, 0.3) is 21.4 Å². The number of nitrogens with two attached hydrogens (primary N) is 1. The summed E-state index contributed by atoms with van der Waals surface area (Å²) in [4.78, 5) is 10.8. The van der Waals surface area contributed by atoms with E-state index in [1.54, 1.807) is 12.3 Å². The number of aromatic amines is 1. The van der Waals surface area contributed by atoms with Crippen LogP contribution in [0.3, 0.4) is 0 Å². The van der Waals surface area contributed by atoms with Gasteiger partial charge < -0.3 is 10.2 Å². The van der Waals surface area contributed by atoms with Crippen molar-refractivity contribution in [2.45, 2.75) is 0 Å². The molecule has 0 unspecified atom stereocenters. The molecule has 0 aliphatic rings. The highest BCUT2D eigenvalue weighted by molar-refractivity contribution is 7.16. The van der Waals surface area contributed by atoms with Crippen molar-refractivity contribution in [3.05, 3.63) is 34.1 Å². The van der Waals surface area contributed by atoms with Gasteiger partial charge in [0.05, 0.1) is 10.9 Å². The summed E-state index contributed by atoms with van der Waals surface area (Å²) in [7, 11) is 0. The van der Waals surface area contributed by atoms with Gasteiger partial charge >= 0.3 is 4.94 Å². The summed E-state index contributed by atoms with van der Waals surface area (Å²) in [5, 5.41) is 6.50. The third kappa shape index (κ3) is 1.31. The molecule has 80 valence electrons. The zero-order valence-corrected chi connectivity index (χ0v) is 8.88. The van der Waals surface area contributed by atoms with E-state index < -0.39 is 0 Å². The molecule has 2 aromatic heterocycles. The number of benzene rings is 1. The van der Waals surface area contributed by atoms with E-state index >= 15 is 0 Å². The van der Waals surface area contributed by atoms with Gasteiger partial charge in [-0.1, -0.05) is 17.4 Å². The highest BCUT2D eigenvalue weighted by Gasteiger charge is 2.08. The number of hydrogen-bond donors (Lipinski definition) is 2. The molecule has 5 nitrogen and oxygen atoms in total. The summed E-state index contributed by atoms with van der Waals surface area (Å²) in [6.45, 7) is 0. The minimum absolute atomic E-state index is 0.299. The molecule has 6 heteroatoms. The molecule has 3 N–H and O–H groups in total. The molecule has 0 amide bonds. The zero-order valence-electron chi connectivity index (χ0n) is 8.06. The Labute approximate surface area is 93.5 Å². The third-order valence-corrected chi connectivity index (χ3v) is 3.12. The molecular formula is C10H7N3O2S. The van der Waals surface area contributed by atoms with Gasteiger partial charge in [-0.25, -0.2) is 4.79 Å². The first-order valence-electron chi connectivity index (χ1n) is 4.57. The fourth-order valence-electron chi connectivity index (χ4n) is 1.57. The van der Waals surface area contributed by atoms with Gasteiger partial charge in [0.15, 0.2) is 0 Å². The van der Waals surface area contributed by atoms with E-state index in [9.17, 15) is 4.79 Å². The second kappa shape index (κ2) is 3.21. The predicted molar refractivity (Wildman–Crippen MR) is 62.4 cm³/mol. The third-order valence-electron chi connectivity index (χ3n) is 2.31. The average molecular weight is 233 g/mol. The van der Waals surface area contributed by atoms with Gasteiger partial charge in [0.25, 0.3) is 0 Å².